The standard InChI is InChI=1S/C23H30N2O4/c1-15-9-10-19(26)17(13-15)18-7-6-8-21(24-18)25-12-11-16(20(14-25)28-5)22(27)29-23(2,3)4/h6-10,13,16,20,26H,11-12,14H2,1-5H3/t16-,20+/m0/s1. The van der Waals surface area contributed by atoms with Crippen molar-refractivity contribution in [2.24, 2.45) is 5.92 Å². The Morgan fingerprint density at radius 2 is 2.00 bits per heavy atom. The molecule has 1 fully saturated rings. The molecule has 1 aromatic carbocycles. The highest BCUT2D eigenvalue weighted by Crippen LogP contribution is 2.31. The highest BCUT2D eigenvalue weighted by atomic mass is 16.6. The van der Waals surface area contributed by atoms with Gasteiger partial charge in [-0.3, -0.25) is 4.79 Å². The van der Waals surface area contributed by atoms with Gasteiger partial charge in [0.2, 0.25) is 0 Å². The van der Waals surface area contributed by atoms with Gasteiger partial charge in [-0.05, 0) is 58.4 Å². The third-order valence-electron chi connectivity index (χ3n) is 5.06. The molecule has 0 radical (unpaired) electrons. The van der Waals surface area contributed by atoms with E-state index in [0.29, 0.717) is 30.8 Å². The van der Waals surface area contributed by atoms with E-state index < -0.39 is 5.60 Å². The molecule has 6 nitrogen and oxygen atoms in total. The fourth-order valence-corrected chi connectivity index (χ4v) is 3.61. The summed E-state index contributed by atoms with van der Waals surface area (Å²) in [5.41, 5.74) is 1.96. The van der Waals surface area contributed by atoms with Crippen LogP contribution < -0.4 is 4.90 Å². The zero-order valence-electron chi connectivity index (χ0n) is 17.8. The lowest BCUT2D eigenvalue weighted by molar-refractivity contribution is -0.165. The minimum atomic E-state index is -0.516. The van der Waals surface area contributed by atoms with Crippen molar-refractivity contribution < 1.29 is 19.4 Å². The van der Waals surface area contributed by atoms with Gasteiger partial charge in [-0.25, -0.2) is 4.98 Å². The van der Waals surface area contributed by atoms with Crippen LogP contribution in [0.5, 0.6) is 5.75 Å². The molecule has 1 aliphatic rings. The molecule has 3 rings (SSSR count). The fraction of sp³-hybridized carbons (Fsp3) is 0.478. The van der Waals surface area contributed by atoms with Crippen molar-refractivity contribution >= 4 is 11.8 Å². The van der Waals surface area contributed by atoms with Crippen LogP contribution in [0.25, 0.3) is 11.3 Å². The number of nitrogens with zero attached hydrogens (tertiary/aromatic N) is 2. The number of esters is 1. The Kier molecular flexibility index (Phi) is 6.13. The molecule has 29 heavy (non-hydrogen) atoms. The molecule has 2 atom stereocenters. The summed E-state index contributed by atoms with van der Waals surface area (Å²) >= 11 is 0. The summed E-state index contributed by atoms with van der Waals surface area (Å²) < 4.78 is 11.2. The molecule has 0 aliphatic carbocycles. The largest absolute Gasteiger partial charge is 0.507 e. The topological polar surface area (TPSA) is 71.9 Å². The lowest BCUT2D eigenvalue weighted by atomic mass is 9.93. The third kappa shape index (κ3) is 5.07. The van der Waals surface area contributed by atoms with Crippen LogP contribution in [0.3, 0.4) is 0 Å². The van der Waals surface area contributed by atoms with Gasteiger partial charge in [0.15, 0.2) is 0 Å². The van der Waals surface area contributed by atoms with Crippen LogP contribution in [0, 0.1) is 12.8 Å². The van der Waals surface area contributed by atoms with Crippen molar-refractivity contribution in [1.82, 2.24) is 4.98 Å². The Morgan fingerprint density at radius 1 is 1.24 bits per heavy atom. The number of pyridine rings is 1. The van der Waals surface area contributed by atoms with Gasteiger partial charge in [0.25, 0.3) is 0 Å². The molecule has 2 heterocycles. The zero-order valence-corrected chi connectivity index (χ0v) is 17.8. The van der Waals surface area contributed by atoms with Gasteiger partial charge in [0, 0.05) is 25.8 Å². The van der Waals surface area contributed by atoms with Gasteiger partial charge in [-0.2, -0.15) is 0 Å². The van der Waals surface area contributed by atoms with Crippen LogP contribution in [0.2, 0.25) is 0 Å². The van der Waals surface area contributed by atoms with E-state index in [1.165, 1.54) is 0 Å². The molecule has 0 amide bonds. The number of rotatable bonds is 4. The average molecular weight is 399 g/mol. The van der Waals surface area contributed by atoms with Crippen molar-refractivity contribution in [3.63, 3.8) is 0 Å². The van der Waals surface area contributed by atoms with E-state index in [9.17, 15) is 9.90 Å². The van der Waals surface area contributed by atoms with E-state index in [1.807, 2.05) is 58.0 Å². The predicted molar refractivity (Wildman–Crippen MR) is 113 cm³/mol. The Balaban J connectivity index is 1.79. The number of phenols is 1. The lowest BCUT2D eigenvalue weighted by Crippen LogP contribution is -2.49. The second kappa shape index (κ2) is 8.41. The first-order valence-corrected chi connectivity index (χ1v) is 9.95. The average Bonchev–Trinajstić information content (AvgIpc) is 2.68. The number of carbonyl (C=O) groups excluding carboxylic acids is 1. The van der Waals surface area contributed by atoms with Gasteiger partial charge < -0.3 is 19.5 Å². The van der Waals surface area contributed by atoms with Gasteiger partial charge in [0.1, 0.15) is 17.2 Å². The van der Waals surface area contributed by atoms with Crippen LogP contribution in [0.1, 0.15) is 32.8 Å². The van der Waals surface area contributed by atoms with Gasteiger partial charge in [-0.15, -0.1) is 0 Å². The van der Waals surface area contributed by atoms with Gasteiger partial charge in [0.05, 0.1) is 17.7 Å². The summed E-state index contributed by atoms with van der Waals surface area (Å²) in [7, 11) is 1.63. The Morgan fingerprint density at radius 3 is 2.69 bits per heavy atom. The van der Waals surface area contributed by atoms with Crippen LogP contribution in [0.15, 0.2) is 36.4 Å². The van der Waals surface area contributed by atoms with E-state index >= 15 is 0 Å². The normalized spacial score (nSPS) is 19.8. The SMILES string of the molecule is CO[C@@H]1CN(c2cccc(-c3cc(C)ccc3O)n2)CC[C@@H]1C(=O)OC(C)(C)C. The summed E-state index contributed by atoms with van der Waals surface area (Å²) in [5, 5.41) is 10.2. The van der Waals surface area contributed by atoms with Crippen LogP contribution in [0.4, 0.5) is 5.82 Å². The number of methoxy groups -OCH3 is 1. The van der Waals surface area contributed by atoms with Crippen LogP contribution in [-0.2, 0) is 14.3 Å². The number of anilines is 1. The summed E-state index contributed by atoms with van der Waals surface area (Å²) in [6.07, 6.45) is 0.367. The number of carbonyl (C=O) groups is 1. The molecular formula is C23H30N2O4. The predicted octanol–water partition coefficient (Wildman–Crippen LogP) is 3.95. The number of benzene rings is 1. The highest BCUT2D eigenvalue weighted by molar-refractivity contribution is 5.74. The number of piperidine rings is 1. The Labute approximate surface area is 172 Å². The minimum Gasteiger partial charge on any atom is -0.507 e. The monoisotopic (exact) mass is 398 g/mol. The molecule has 0 unspecified atom stereocenters. The summed E-state index contributed by atoms with van der Waals surface area (Å²) in [6, 6.07) is 11.2. The van der Waals surface area contributed by atoms with Crippen molar-refractivity contribution in [2.45, 2.75) is 45.8 Å². The summed E-state index contributed by atoms with van der Waals surface area (Å²) in [5.74, 6) is 0.501. The second-order valence-corrected chi connectivity index (χ2v) is 8.55. The molecule has 0 saturated carbocycles. The first-order valence-electron chi connectivity index (χ1n) is 9.95. The molecule has 2 aromatic rings. The van der Waals surface area contributed by atoms with Crippen LogP contribution >= 0.6 is 0 Å². The maximum absolute atomic E-state index is 12.6. The molecule has 6 heteroatoms. The van der Waals surface area contributed by atoms with Crippen molar-refractivity contribution in [1.29, 1.82) is 0 Å². The summed E-state index contributed by atoms with van der Waals surface area (Å²) in [4.78, 5) is 19.4. The quantitative estimate of drug-likeness (QED) is 0.787. The smallest absolute Gasteiger partial charge is 0.312 e. The fourth-order valence-electron chi connectivity index (χ4n) is 3.61. The van der Waals surface area contributed by atoms with E-state index in [-0.39, 0.29) is 23.7 Å². The Bertz CT molecular complexity index is 875. The van der Waals surface area contributed by atoms with E-state index in [2.05, 4.69) is 4.90 Å². The van der Waals surface area contributed by atoms with E-state index in [0.717, 1.165) is 11.4 Å². The zero-order chi connectivity index (χ0) is 21.2. The number of hydrogen-bond donors (Lipinski definition) is 1. The first kappa shape index (κ1) is 21.1. The molecular weight excluding hydrogens is 368 g/mol. The van der Waals surface area contributed by atoms with Crippen molar-refractivity contribution in [3.8, 4) is 17.0 Å². The maximum Gasteiger partial charge on any atom is 0.312 e. The van der Waals surface area contributed by atoms with Gasteiger partial charge >= 0.3 is 5.97 Å². The minimum absolute atomic E-state index is 0.207. The molecule has 0 spiro atoms. The maximum atomic E-state index is 12.6. The van der Waals surface area contributed by atoms with E-state index in [1.54, 1.807) is 13.2 Å². The molecule has 1 saturated heterocycles. The molecule has 1 N–H and O–H groups in total. The van der Waals surface area contributed by atoms with Crippen molar-refractivity contribution in [3.05, 3.63) is 42.0 Å². The molecule has 156 valence electrons. The Hall–Kier alpha value is -2.60. The third-order valence-corrected chi connectivity index (χ3v) is 5.06. The molecule has 1 aromatic heterocycles. The van der Waals surface area contributed by atoms with Crippen LogP contribution in [-0.4, -0.2) is 48.0 Å². The molecule has 1 aliphatic heterocycles. The van der Waals surface area contributed by atoms with Crippen molar-refractivity contribution in [2.75, 3.05) is 25.1 Å². The number of aromatic nitrogens is 1. The van der Waals surface area contributed by atoms with Gasteiger partial charge in [-0.1, -0.05) is 17.7 Å². The van der Waals surface area contributed by atoms with E-state index in [4.69, 9.17) is 14.5 Å². The summed E-state index contributed by atoms with van der Waals surface area (Å²) in [6.45, 7) is 8.84. The highest BCUT2D eigenvalue weighted by Gasteiger charge is 2.37. The number of aryl methyl sites for hydroxylation is 1. The lowest BCUT2D eigenvalue weighted by Gasteiger charge is -2.38. The molecule has 0 bridgehead atoms. The second-order valence-electron chi connectivity index (χ2n) is 8.55. The number of hydrogen-bond acceptors (Lipinski definition) is 6. The number of ether oxygens (including phenoxy) is 2. The number of aromatic hydroxyl groups is 1. The number of phenolic OH excluding ortho intramolecular Hbond substituents is 1. The first-order chi connectivity index (χ1) is 13.7.